The van der Waals surface area contributed by atoms with Gasteiger partial charge in [0, 0.05) is 49.4 Å². The molecule has 0 N–H and O–H groups in total. The first-order valence-electron chi connectivity index (χ1n) is 21.3. The summed E-state index contributed by atoms with van der Waals surface area (Å²) in [5.74, 6) is 0. The highest BCUT2D eigenvalue weighted by molar-refractivity contribution is 6.19. The molecule has 0 saturated carbocycles. The monoisotopic (exact) mass is 781 g/mol. The van der Waals surface area contributed by atoms with Crippen molar-refractivity contribution in [1.29, 1.82) is 0 Å². The van der Waals surface area contributed by atoms with Gasteiger partial charge in [-0.25, -0.2) is 0 Å². The van der Waals surface area contributed by atoms with Gasteiger partial charge >= 0.3 is 0 Å². The fraction of sp³-hybridized carbons (Fsp3) is 0.0690. The van der Waals surface area contributed by atoms with Crippen molar-refractivity contribution in [3.8, 4) is 39.3 Å². The van der Waals surface area contributed by atoms with Gasteiger partial charge in [-0.15, -0.1) is 0 Å². The minimum atomic E-state index is 0.130. The number of rotatable bonds is 5. The molecule has 3 heterocycles. The van der Waals surface area contributed by atoms with E-state index in [1.54, 1.807) is 0 Å². The van der Waals surface area contributed by atoms with Gasteiger partial charge in [0.2, 0.25) is 0 Å². The van der Waals surface area contributed by atoms with Crippen molar-refractivity contribution in [2.24, 2.45) is 0 Å². The maximum atomic E-state index is 2.47. The molecule has 0 bridgehead atoms. The molecule has 9 aromatic carbocycles. The molecule has 290 valence electrons. The maximum absolute atomic E-state index is 2.47. The minimum Gasteiger partial charge on any atom is -0.309 e. The van der Waals surface area contributed by atoms with Crippen LogP contribution >= 0.6 is 0 Å². The van der Waals surface area contributed by atoms with Crippen molar-refractivity contribution in [3.05, 3.63) is 212 Å². The van der Waals surface area contributed by atoms with E-state index in [9.17, 15) is 0 Å². The van der Waals surface area contributed by atoms with Gasteiger partial charge in [0.05, 0.1) is 33.1 Å². The number of benzene rings is 9. The lowest BCUT2D eigenvalue weighted by molar-refractivity contribution is 0.590. The van der Waals surface area contributed by atoms with Gasteiger partial charge in [0.15, 0.2) is 0 Å². The minimum absolute atomic E-state index is 0.130. The highest BCUT2D eigenvalue weighted by atomic mass is 15.0. The van der Waals surface area contributed by atoms with Crippen LogP contribution in [0.3, 0.4) is 0 Å². The predicted octanol–water partition coefficient (Wildman–Crippen LogP) is 15.6. The molecule has 0 aliphatic heterocycles. The van der Waals surface area contributed by atoms with E-state index in [0.717, 1.165) is 17.1 Å². The second-order valence-corrected chi connectivity index (χ2v) is 17.4. The summed E-state index contributed by atoms with van der Waals surface area (Å²) in [6.45, 7) is 6.79. The molecule has 0 aliphatic rings. The fourth-order valence-corrected chi connectivity index (χ4v) is 9.76. The van der Waals surface area contributed by atoms with Crippen molar-refractivity contribution in [1.82, 2.24) is 13.7 Å². The van der Waals surface area contributed by atoms with Crippen LogP contribution in [0.25, 0.3) is 105 Å². The number of nitrogens with zero attached hydrogens (tertiary/aromatic N) is 3. The summed E-state index contributed by atoms with van der Waals surface area (Å²) in [6, 6.07) is 76.0. The first-order chi connectivity index (χ1) is 29.9. The molecule has 12 rings (SSSR count). The largest absolute Gasteiger partial charge is 0.309 e. The lowest BCUT2D eigenvalue weighted by atomic mass is 9.86. The van der Waals surface area contributed by atoms with Crippen LogP contribution in [0.2, 0.25) is 0 Å². The van der Waals surface area contributed by atoms with Crippen LogP contribution in [-0.2, 0) is 5.41 Å². The van der Waals surface area contributed by atoms with Gasteiger partial charge < -0.3 is 13.7 Å². The van der Waals surface area contributed by atoms with E-state index in [1.807, 2.05) is 0 Å². The molecule has 0 atom stereocenters. The zero-order valence-electron chi connectivity index (χ0n) is 34.5. The summed E-state index contributed by atoms with van der Waals surface area (Å²) < 4.78 is 7.32. The Morgan fingerprint density at radius 3 is 1.11 bits per heavy atom. The lowest BCUT2D eigenvalue weighted by Crippen LogP contribution is -2.10. The van der Waals surface area contributed by atoms with Crippen molar-refractivity contribution in [3.63, 3.8) is 0 Å². The number of hydrogen-bond donors (Lipinski definition) is 0. The average molecular weight is 782 g/mol. The van der Waals surface area contributed by atoms with Crippen molar-refractivity contribution >= 4 is 65.4 Å². The Kier molecular flexibility index (Phi) is 7.79. The SMILES string of the molecule is CC(C)(C)c1ccc(-c2ccc(-n3c4ccccc4c4cc(-n5c6ccccc6c6cc7c8ccccc8n(-c8ccc(-c9ccccc9)cc8)c7cc65)ccc43)cc2)cc1. The highest BCUT2D eigenvalue weighted by Gasteiger charge is 2.20. The van der Waals surface area contributed by atoms with Crippen LogP contribution in [-0.4, -0.2) is 13.7 Å². The van der Waals surface area contributed by atoms with Gasteiger partial charge in [-0.1, -0.05) is 154 Å². The van der Waals surface area contributed by atoms with Crippen LogP contribution in [0.5, 0.6) is 0 Å². The summed E-state index contributed by atoms with van der Waals surface area (Å²) in [5.41, 5.74) is 17.0. The lowest BCUT2D eigenvalue weighted by Gasteiger charge is -2.19. The Morgan fingerprint density at radius 2 is 0.623 bits per heavy atom. The third-order valence-corrected chi connectivity index (χ3v) is 12.8. The molecule has 61 heavy (non-hydrogen) atoms. The first kappa shape index (κ1) is 35.3. The van der Waals surface area contributed by atoms with Crippen LogP contribution in [0.1, 0.15) is 26.3 Å². The van der Waals surface area contributed by atoms with Crippen molar-refractivity contribution in [2.75, 3.05) is 0 Å². The van der Waals surface area contributed by atoms with Crippen molar-refractivity contribution < 1.29 is 0 Å². The van der Waals surface area contributed by atoms with Crippen LogP contribution < -0.4 is 0 Å². The Balaban J connectivity index is 1.03. The van der Waals surface area contributed by atoms with Crippen LogP contribution in [0.4, 0.5) is 0 Å². The third-order valence-electron chi connectivity index (χ3n) is 12.8. The van der Waals surface area contributed by atoms with Gasteiger partial charge in [-0.05, 0) is 106 Å². The van der Waals surface area contributed by atoms with Crippen LogP contribution in [0, 0.1) is 0 Å². The molecular formula is C58H43N3. The molecule has 0 unspecified atom stereocenters. The highest BCUT2D eigenvalue weighted by Crippen LogP contribution is 2.41. The molecule has 3 nitrogen and oxygen atoms in total. The summed E-state index contributed by atoms with van der Waals surface area (Å²) >= 11 is 0. The topological polar surface area (TPSA) is 14.8 Å². The van der Waals surface area contributed by atoms with E-state index in [1.165, 1.54) is 93.2 Å². The summed E-state index contributed by atoms with van der Waals surface area (Å²) in [7, 11) is 0. The standard InChI is InChI=1S/C58H43N3/c1-58(2,3)42-27-21-39(22-28-42)41-25-29-43(30-26-41)59-52-18-10-7-15-46(52)49-35-45(33-34-55(49)59)61-54-20-12-9-17-48(54)51-36-50-47-16-8-11-19-53(47)60(56(50)37-57(51)61)44-31-23-40(24-32-44)38-13-5-4-6-14-38/h4-37H,1-3H3. The summed E-state index contributed by atoms with van der Waals surface area (Å²) in [6.07, 6.45) is 0. The quantitative estimate of drug-likeness (QED) is 0.165. The van der Waals surface area contributed by atoms with Gasteiger partial charge in [0.25, 0.3) is 0 Å². The van der Waals surface area contributed by atoms with E-state index in [2.05, 4.69) is 241 Å². The van der Waals surface area contributed by atoms with Crippen molar-refractivity contribution in [2.45, 2.75) is 26.2 Å². The Hall–Kier alpha value is -7.62. The van der Waals surface area contributed by atoms with E-state index in [-0.39, 0.29) is 5.41 Å². The van der Waals surface area contributed by atoms with E-state index >= 15 is 0 Å². The Bertz CT molecular complexity index is 3630. The Labute approximate surface area is 355 Å². The molecule has 0 fully saturated rings. The van der Waals surface area contributed by atoms with Gasteiger partial charge in [-0.3, -0.25) is 0 Å². The predicted molar refractivity (Wildman–Crippen MR) is 259 cm³/mol. The van der Waals surface area contributed by atoms with Gasteiger partial charge in [-0.2, -0.15) is 0 Å². The summed E-state index contributed by atoms with van der Waals surface area (Å²) in [5, 5.41) is 7.48. The molecular weight excluding hydrogens is 739 g/mol. The molecule has 0 radical (unpaired) electrons. The average Bonchev–Trinajstić information content (AvgIpc) is 3.93. The number of aromatic nitrogens is 3. The molecule has 0 amide bonds. The summed E-state index contributed by atoms with van der Waals surface area (Å²) in [4.78, 5) is 0. The molecule has 0 saturated heterocycles. The fourth-order valence-electron chi connectivity index (χ4n) is 9.76. The maximum Gasteiger partial charge on any atom is 0.0562 e. The number of hydrogen-bond acceptors (Lipinski definition) is 0. The third kappa shape index (κ3) is 5.58. The second-order valence-electron chi connectivity index (χ2n) is 17.4. The van der Waals surface area contributed by atoms with Crippen LogP contribution in [0.15, 0.2) is 206 Å². The molecule has 0 spiro atoms. The number of para-hydroxylation sites is 3. The first-order valence-corrected chi connectivity index (χ1v) is 21.3. The van der Waals surface area contributed by atoms with E-state index < -0.39 is 0 Å². The van der Waals surface area contributed by atoms with Gasteiger partial charge in [0.1, 0.15) is 0 Å². The van der Waals surface area contributed by atoms with E-state index in [4.69, 9.17) is 0 Å². The zero-order valence-corrected chi connectivity index (χ0v) is 34.5. The smallest absolute Gasteiger partial charge is 0.0562 e. The molecule has 3 heteroatoms. The normalized spacial score (nSPS) is 12.2. The zero-order chi connectivity index (χ0) is 40.8. The second kappa shape index (κ2) is 13.5. The molecule has 3 aromatic heterocycles. The van der Waals surface area contributed by atoms with E-state index in [0.29, 0.717) is 0 Å². The molecule has 12 aromatic rings. The number of fused-ring (bicyclic) bond motifs is 9. The molecule has 0 aliphatic carbocycles. The Morgan fingerprint density at radius 1 is 0.262 bits per heavy atom.